The molecule has 1 rings (SSSR count). The highest BCUT2D eigenvalue weighted by Gasteiger charge is 2.11. The molecule has 10 nitrogen and oxygen atoms in total. The fourth-order valence-electron chi connectivity index (χ4n) is 1.99. The van der Waals surface area contributed by atoms with Crippen LogP contribution in [0.3, 0.4) is 0 Å². The maximum atomic E-state index is 11.5. The monoisotopic (exact) mass is 402 g/mol. The highest BCUT2D eigenvalue weighted by atomic mass is 32.2. The zero-order valence-electron chi connectivity index (χ0n) is 15.3. The molecule has 11 heteroatoms. The fourth-order valence-corrected chi connectivity index (χ4v) is 2.67. The number of rotatable bonds is 15. The smallest absolute Gasteiger partial charge is 0.175 e. The Bertz CT molecular complexity index is 694. The van der Waals surface area contributed by atoms with E-state index in [1.165, 1.54) is 12.1 Å². The Morgan fingerprint density at radius 1 is 1.15 bits per heavy atom. The summed E-state index contributed by atoms with van der Waals surface area (Å²) in [6.07, 6.45) is 0.145. The van der Waals surface area contributed by atoms with Crippen molar-refractivity contribution in [1.82, 2.24) is 5.32 Å². The summed E-state index contributed by atoms with van der Waals surface area (Å²) in [6.45, 7) is 3.09. The topological polar surface area (TPSA) is 143 Å². The van der Waals surface area contributed by atoms with E-state index in [0.29, 0.717) is 58.3 Å². The van der Waals surface area contributed by atoms with Gasteiger partial charge >= 0.3 is 0 Å². The number of benzene rings is 1. The Balaban J connectivity index is 2.06. The quantitative estimate of drug-likeness (QED) is 0.147. The molecule has 0 heterocycles. The SMILES string of the molecule is CS(=O)(=O)c1cccc(C(O)NCCOCCOCCOCCN=[N+]=[N-])c1. The second-order valence-electron chi connectivity index (χ2n) is 5.49. The van der Waals surface area contributed by atoms with Crippen LogP contribution in [0.5, 0.6) is 0 Å². The average Bonchev–Trinajstić information content (AvgIpc) is 2.64. The largest absolute Gasteiger partial charge is 0.379 e. The molecule has 1 unspecified atom stereocenters. The third kappa shape index (κ3) is 10.9. The molecule has 0 fully saturated rings. The van der Waals surface area contributed by atoms with E-state index in [9.17, 15) is 13.5 Å². The summed E-state index contributed by atoms with van der Waals surface area (Å²) >= 11 is 0. The number of ether oxygens (including phenoxy) is 3. The lowest BCUT2D eigenvalue weighted by Crippen LogP contribution is -2.25. The van der Waals surface area contributed by atoms with E-state index >= 15 is 0 Å². The van der Waals surface area contributed by atoms with Crippen LogP contribution in [0, 0.1) is 0 Å². The second kappa shape index (κ2) is 13.4. The molecule has 0 amide bonds. The zero-order chi connectivity index (χ0) is 20.0. The van der Waals surface area contributed by atoms with E-state index in [0.717, 1.165) is 6.26 Å². The molecular weight excluding hydrogens is 376 g/mol. The van der Waals surface area contributed by atoms with Gasteiger partial charge in [0.15, 0.2) is 9.84 Å². The van der Waals surface area contributed by atoms with Crippen LogP contribution < -0.4 is 5.32 Å². The van der Waals surface area contributed by atoms with Crippen molar-refractivity contribution in [2.24, 2.45) is 5.11 Å². The van der Waals surface area contributed by atoms with Crippen LogP contribution in [0.15, 0.2) is 34.3 Å². The second-order valence-corrected chi connectivity index (χ2v) is 7.51. The third-order valence-corrected chi connectivity index (χ3v) is 4.44. The van der Waals surface area contributed by atoms with E-state index in [1.54, 1.807) is 12.1 Å². The standard InChI is InChI=1S/C16H26N4O6S/c1-27(22,23)15-4-2-3-14(13-15)16(21)18-5-7-24-9-11-26-12-10-25-8-6-19-20-17/h2-4,13,16,18,21H,5-12H2,1H3. The molecule has 0 aliphatic heterocycles. The number of hydrogen-bond donors (Lipinski definition) is 2. The highest BCUT2D eigenvalue weighted by molar-refractivity contribution is 7.90. The van der Waals surface area contributed by atoms with Gasteiger partial charge in [0, 0.05) is 24.3 Å². The van der Waals surface area contributed by atoms with Crippen LogP contribution in [0.25, 0.3) is 10.4 Å². The van der Waals surface area contributed by atoms with Gasteiger partial charge in [-0.25, -0.2) is 8.42 Å². The fraction of sp³-hybridized carbons (Fsp3) is 0.625. The summed E-state index contributed by atoms with van der Waals surface area (Å²) in [5.41, 5.74) is 8.55. The lowest BCUT2D eigenvalue weighted by Gasteiger charge is -2.14. The Morgan fingerprint density at radius 3 is 2.41 bits per heavy atom. The molecule has 2 N–H and O–H groups in total. The van der Waals surface area contributed by atoms with Crippen molar-refractivity contribution >= 4 is 9.84 Å². The van der Waals surface area contributed by atoms with Crippen LogP contribution in [0.4, 0.5) is 0 Å². The molecule has 152 valence electrons. The molecule has 0 aliphatic rings. The summed E-state index contributed by atoms with van der Waals surface area (Å²) in [7, 11) is -3.31. The maximum absolute atomic E-state index is 11.5. The third-order valence-electron chi connectivity index (χ3n) is 3.33. The van der Waals surface area contributed by atoms with Crippen LogP contribution >= 0.6 is 0 Å². The van der Waals surface area contributed by atoms with Crippen molar-refractivity contribution in [3.63, 3.8) is 0 Å². The lowest BCUT2D eigenvalue weighted by atomic mass is 10.2. The highest BCUT2D eigenvalue weighted by Crippen LogP contribution is 2.15. The summed E-state index contributed by atoms with van der Waals surface area (Å²) in [4.78, 5) is 2.78. The van der Waals surface area contributed by atoms with Crippen molar-refractivity contribution in [3.8, 4) is 0 Å². The van der Waals surface area contributed by atoms with Gasteiger partial charge < -0.3 is 19.3 Å². The molecule has 0 aliphatic carbocycles. The average molecular weight is 402 g/mol. The van der Waals surface area contributed by atoms with E-state index in [2.05, 4.69) is 15.3 Å². The molecule has 0 saturated heterocycles. The molecule has 0 bridgehead atoms. The van der Waals surface area contributed by atoms with E-state index < -0.39 is 16.1 Å². The van der Waals surface area contributed by atoms with Crippen LogP contribution in [-0.4, -0.2) is 72.5 Å². The first-order valence-corrected chi connectivity index (χ1v) is 10.3. The molecule has 0 saturated carbocycles. The molecule has 27 heavy (non-hydrogen) atoms. The summed E-state index contributed by atoms with van der Waals surface area (Å²) in [5, 5.41) is 16.3. The normalized spacial score (nSPS) is 12.5. The van der Waals surface area contributed by atoms with Gasteiger partial charge in [0.25, 0.3) is 0 Å². The van der Waals surface area contributed by atoms with Crippen molar-refractivity contribution in [2.45, 2.75) is 11.1 Å². The number of sulfone groups is 1. The molecule has 0 aromatic heterocycles. The molecule has 1 atom stereocenters. The molecule has 0 spiro atoms. The number of aliphatic hydroxyl groups excluding tert-OH is 1. The number of azide groups is 1. The van der Waals surface area contributed by atoms with Gasteiger partial charge in [-0.05, 0) is 23.2 Å². The maximum Gasteiger partial charge on any atom is 0.175 e. The Kier molecular flexibility index (Phi) is 11.6. The molecule has 1 aromatic rings. The number of nitrogens with zero attached hydrogens (tertiary/aromatic N) is 3. The first kappa shape index (κ1) is 23.3. The molecular formula is C16H26N4O6S. The lowest BCUT2D eigenvalue weighted by molar-refractivity contribution is 0.0143. The van der Waals surface area contributed by atoms with Gasteiger partial charge in [0.05, 0.1) is 44.5 Å². The van der Waals surface area contributed by atoms with Gasteiger partial charge in [-0.1, -0.05) is 17.2 Å². The van der Waals surface area contributed by atoms with Crippen molar-refractivity contribution in [3.05, 3.63) is 40.3 Å². The Morgan fingerprint density at radius 2 is 1.78 bits per heavy atom. The van der Waals surface area contributed by atoms with Gasteiger partial charge in [-0.2, -0.15) is 0 Å². The number of aliphatic hydroxyl groups is 1. The minimum Gasteiger partial charge on any atom is -0.379 e. The predicted molar refractivity (Wildman–Crippen MR) is 99.0 cm³/mol. The number of nitrogens with one attached hydrogen (secondary N) is 1. The zero-order valence-corrected chi connectivity index (χ0v) is 16.1. The van der Waals surface area contributed by atoms with Crippen molar-refractivity contribution in [2.75, 3.05) is 59.0 Å². The van der Waals surface area contributed by atoms with Crippen molar-refractivity contribution in [1.29, 1.82) is 0 Å². The van der Waals surface area contributed by atoms with Crippen LogP contribution in [0.2, 0.25) is 0 Å². The summed E-state index contributed by atoms with van der Waals surface area (Å²) < 4.78 is 38.9. The molecule has 0 radical (unpaired) electrons. The van der Waals surface area contributed by atoms with Crippen molar-refractivity contribution < 1.29 is 27.7 Å². The van der Waals surface area contributed by atoms with Gasteiger partial charge in [-0.15, -0.1) is 0 Å². The first-order chi connectivity index (χ1) is 12.9. The number of hydrogen-bond acceptors (Lipinski definition) is 8. The van der Waals surface area contributed by atoms with Crippen LogP contribution in [-0.2, 0) is 24.0 Å². The summed E-state index contributed by atoms with van der Waals surface area (Å²) in [6, 6.07) is 6.16. The first-order valence-electron chi connectivity index (χ1n) is 8.40. The summed E-state index contributed by atoms with van der Waals surface area (Å²) in [5.74, 6) is 0. The molecule has 1 aromatic carbocycles. The van der Waals surface area contributed by atoms with E-state index in [1.807, 2.05) is 0 Å². The van der Waals surface area contributed by atoms with Gasteiger partial charge in [0.2, 0.25) is 0 Å². The Labute approximate surface area is 159 Å². The van der Waals surface area contributed by atoms with Crippen LogP contribution in [0.1, 0.15) is 11.8 Å². The minimum atomic E-state index is -3.31. The van der Waals surface area contributed by atoms with Gasteiger partial charge in [0.1, 0.15) is 6.23 Å². The van der Waals surface area contributed by atoms with Gasteiger partial charge in [-0.3, -0.25) is 5.32 Å². The minimum absolute atomic E-state index is 0.163. The van der Waals surface area contributed by atoms with E-state index in [-0.39, 0.29) is 4.90 Å². The predicted octanol–water partition coefficient (Wildman–Crippen LogP) is 1.03. The Hall–Kier alpha value is -1.72. The van der Waals surface area contributed by atoms with E-state index in [4.69, 9.17) is 19.7 Å².